The molecule has 1 aromatic carbocycles. The summed E-state index contributed by atoms with van der Waals surface area (Å²) in [7, 11) is 3.41. The van der Waals surface area contributed by atoms with Gasteiger partial charge in [-0.25, -0.2) is 0 Å². The Labute approximate surface area is 118 Å². The number of piperidine rings is 1. The van der Waals surface area contributed by atoms with Crippen LogP contribution in [0.1, 0.15) is 23.2 Å². The molecule has 1 heterocycles. The molecule has 1 aromatic rings. The van der Waals surface area contributed by atoms with Gasteiger partial charge in [0.2, 0.25) is 5.91 Å². The summed E-state index contributed by atoms with van der Waals surface area (Å²) in [6.07, 6.45) is 1.30. The fraction of sp³-hybridized carbons (Fsp3) is 0.429. The number of carbonyl (C=O) groups excluding carboxylic acids is 2. The molecule has 2 rings (SSSR count). The number of amides is 2. The molecule has 1 fully saturated rings. The van der Waals surface area contributed by atoms with E-state index in [0.717, 1.165) is 12.1 Å². The summed E-state index contributed by atoms with van der Waals surface area (Å²) < 4.78 is 0. The van der Waals surface area contributed by atoms with E-state index in [1.807, 2.05) is 6.07 Å². The number of carbonyl (C=O) groups is 2. The van der Waals surface area contributed by atoms with E-state index in [2.05, 4.69) is 10.6 Å². The molecule has 1 saturated heterocycles. The van der Waals surface area contributed by atoms with Gasteiger partial charge in [0.05, 0.1) is 11.4 Å². The number of anilines is 2. The molecule has 0 saturated carbocycles. The van der Waals surface area contributed by atoms with Crippen molar-refractivity contribution in [2.45, 2.75) is 18.9 Å². The minimum absolute atomic E-state index is 0.0758. The van der Waals surface area contributed by atoms with Gasteiger partial charge < -0.3 is 21.3 Å². The summed E-state index contributed by atoms with van der Waals surface area (Å²) in [5, 5.41) is 6.11. The summed E-state index contributed by atoms with van der Waals surface area (Å²) in [6.45, 7) is 0.594. The minimum atomic E-state index is -0.0758. The van der Waals surface area contributed by atoms with E-state index in [1.54, 1.807) is 26.2 Å². The van der Waals surface area contributed by atoms with E-state index in [-0.39, 0.29) is 17.9 Å². The number of nitrogens with one attached hydrogen (secondary N) is 2. The zero-order valence-corrected chi connectivity index (χ0v) is 11.8. The maximum Gasteiger partial charge on any atom is 0.253 e. The van der Waals surface area contributed by atoms with Gasteiger partial charge >= 0.3 is 0 Å². The zero-order valence-electron chi connectivity index (χ0n) is 11.8. The van der Waals surface area contributed by atoms with Gasteiger partial charge in [-0.2, -0.15) is 0 Å². The molecule has 0 spiro atoms. The van der Waals surface area contributed by atoms with Gasteiger partial charge in [-0.05, 0) is 24.6 Å². The smallest absolute Gasteiger partial charge is 0.253 e. The van der Waals surface area contributed by atoms with Crippen LogP contribution >= 0.6 is 0 Å². The Balaban J connectivity index is 2.06. The van der Waals surface area contributed by atoms with Crippen LogP contribution in [0.15, 0.2) is 18.2 Å². The number of hydrogen-bond acceptors (Lipinski definition) is 4. The number of nitrogens with two attached hydrogens (primary N) is 1. The SMILES string of the molecule is CN(C)C(=O)c1ccc(NC2CCC(=O)NC2)c(N)c1. The summed E-state index contributed by atoms with van der Waals surface area (Å²) in [4.78, 5) is 24.5. The van der Waals surface area contributed by atoms with Crippen LogP contribution in [0.25, 0.3) is 0 Å². The van der Waals surface area contributed by atoms with Gasteiger partial charge in [0, 0.05) is 38.7 Å². The van der Waals surface area contributed by atoms with Gasteiger partial charge in [-0.15, -0.1) is 0 Å². The Bertz CT molecular complexity index is 518. The van der Waals surface area contributed by atoms with Crippen molar-refractivity contribution < 1.29 is 9.59 Å². The molecule has 4 N–H and O–H groups in total. The van der Waals surface area contributed by atoms with Crippen molar-refractivity contribution in [1.29, 1.82) is 0 Å². The molecule has 0 aromatic heterocycles. The summed E-state index contributed by atoms with van der Waals surface area (Å²) in [5.41, 5.74) is 7.88. The van der Waals surface area contributed by atoms with E-state index in [4.69, 9.17) is 5.73 Å². The van der Waals surface area contributed by atoms with E-state index in [1.165, 1.54) is 4.90 Å². The Morgan fingerprint density at radius 2 is 2.20 bits per heavy atom. The monoisotopic (exact) mass is 276 g/mol. The maximum atomic E-state index is 11.8. The van der Waals surface area contributed by atoms with Crippen LogP contribution in [-0.4, -0.2) is 43.4 Å². The highest BCUT2D eigenvalue weighted by molar-refractivity contribution is 5.95. The molecule has 1 aliphatic rings. The van der Waals surface area contributed by atoms with E-state index < -0.39 is 0 Å². The van der Waals surface area contributed by atoms with Gasteiger partial charge in [-0.3, -0.25) is 9.59 Å². The standard InChI is InChI=1S/C14H20N4O2/c1-18(2)14(20)9-3-5-12(11(15)7-9)17-10-4-6-13(19)16-8-10/h3,5,7,10,17H,4,6,8,15H2,1-2H3,(H,16,19). The van der Waals surface area contributed by atoms with Crippen molar-refractivity contribution in [3.63, 3.8) is 0 Å². The molecule has 1 unspecified atom stereocenters. The van der Waals surface area contributed by atoms with Crippen molar-refractivity contribution >= 4 is 23.2 Å². The molecule has 108 valence electrons. The third kappa shape index (κ3) is 3.20. The highest BCUT2D eigenvalue weighted by Gasteiger charge is 2.18. The van der Waals surface area contributed by atoms with Crippen molar-refractivity contribution in [1.82, 2.24) is 10.2 Å². The lowest BCUT2D eigenvalue weighted by Crippen LogP contribution is -2.42. The normalized spacial score (nSPS) is 18.3. The van der Waals surface area contributed by atoms with Crippen LogP contribution in [-0.2, 0) is 4.79 Å². The molecule has 6 nitrogen and oxygen atoms in total. The second kappa shape index (κ2) is 5.81. The third-order valence-electron chi connectivity index (χ3n) is 3.33. The van der Waals surface area contributed by atoms with Crippen molar-refractivity contribution in [3.8, 4) is 0 Å². The first-order valence-electron chi connectivity index (χ1n) is 6.62. The van der Waals surface area contributed by atoms with E-state index in [9.17, 15) is 9.59 Å². The molecule has 20 heavy (non-hydrogen) atoms. The predicted molar refractivity (Wildman–Crippen MR) is 78.5 cm³/mol. The van der Waals surface area contributed by atoms with E-state index in [0.29, 0.717) is 24.2 Å². The van der Waals surface area contributed by atoms with E-state index >= 15 is 0 Å². The van der Waals surface area contributed by atoms with Crippen LogP contribution in [0, 0.1) is 0 Å². The average Bonchev–Trinajstić information content (AvgIpc) is 2.42. The molecular formula is C14H20N4O2. The van der Waals surface area contributed by atoms with Crippen molar-refractivity contribution in [2.24, 2.45) is 0 Å². The lowest BCUT2D eigenvalue weighted by atomic mass is 10.1. The average molecular weight is 276 g/mol. The molecule has 6 heteroatoms. The lowest BCUT2D eigenvalue weighted by Gasteiger charge is -2.25. The molecule has 0 radical (unpaired) electrons. The fourth-order valence-electron chi connectivity index (χ4n) is 2.16. The Hall–Kier alpha value is -2.24. The van der Waals surface area contributed by atoms with Crippen molar-refractivity contribution in [2.75, 3.05) is 31.7 Å². The minimum Gasteiger partial charge on any atom is -0.397 e. The Kier molecular flexibility index (Phi) is 4.12. The first kappa shape index (κ1) is 14.2. The molecule has 0 aliphatic carbocycles. The Morgan fingerprint density at radius 1 is 1.45 bits per heavy atom. The van der Waals surface area contributed by atoms with Gasteiger partial charge in [-0.1, -0.05) is 0 Å². The summed E-state index contributed by atoms with van der Waals surface area (Å²) in [5.74, 6) is 0.0103. The molecule has 1 atom stereocenters. The van der Waals surface area contributed by atoms with Crippen LogP contribution in [0.2, 0.25) is 0 Å². The zero-order chi connectivity index (χ0) is 14.7. The number of benzene rings is 1. The lowest BCUT2D eigenvalue weighted by molar-refractivity contribution is -0.122. The van der Waals surface area contributed by atoms with Crippen LogP contribution in [0.3, 0.4) is 0 Å². The molecule has 2 amide bonds. The quantitative estimate of drug-likeness (QED) is 0.708. The van der Waals surface area contributed by atoms with Gasteiger partial charge in [0.15, 0.2) is 0 Å². The second-order valence-corrected chi connectivity index (χ2v) is 5.19. The van der Waals surface area contributed by atoms with Crippen molar-refractivity contribution in [3.05, 3.63) is 23.8 Å². The van der Waals surface area contributed by atoms with Crippen LogP contribution in [0.5, 0.6) is 0 Å². The number of rotatable bonds is 3. The van der Waals surface area contributed by atoms with Crippen LogP contribution < -0.4 is 16.4 Å². The largest absolute Gasteiger partial charge is 0.397 e. The number of hydrogen-bond donors (Lipinski definition) is 3. The van der Waals surface area contributed by atoms with Crippen LogP contribution in [0.4, 0.5) is 11.4 Å². The van der Waals surface area contributed by atoms with Gasteiger partial charge in [0.1, 0.15) is 0 Å². The highest BCUT2D eigenvalue weighted by Crippen LogP contribution is 2.22. The first-order chi connectivity index (χ1) is 9.47. The first-order valence-corrected chi connectivity index (χ1v) is 6.62. The number of nitrogen functional groups attached to an aromatic ring is 1. The molecular weight excluding hydrogens is 256 g/mol. The molecule has 1 aliphatic heterocycles. The fourth-order valence-corrected chi connectivity index (χ4v) is 2.16. The summed E-state index contributed by atoms with van der Waals surface area (Å²) >= 11 is 0. The maximum absolute atomic E-state index is 11.8. The molecule has 0 bridgehead atoms. The topological polar surface area (TPSA) is 87.5 Å². The van der Waals surface area contributed by atoms with Gasteiger partial charge in [0.25, 0.3) is 5.91 Å². The highest BCUT2D eigenvalue weighted by atomic mass is 16.2. The number of nitrogens with zero attached hydrogens (tertiary/aromatic N) is 1. The predicted octanol–water partition coefficient (Wildman–Crippen LogP) is 0.661. The Morgan fingerprint density at radius 3 is 2.75 bits per heavy atom. The third-order valence-corrected chi connectivity index (χ3v) is 3.33. The summed E-state index contributed by atoms with van der Waals surface area (Å²) in [6, 6.07) is 5.40. The second-order valence-electron chi connectivity index (χ2n) is 5.19.